The molecule has 0 aliphatic carbocycles. The van der Waals surface area contributed by atoms with Gasteiger partial charge in [-0.25, -0.2) is 14.8 Å². The third kappa shape index (κ3) is 8.16. The lowest BCUT2D eigenvalue weighted by molar-refractivity contribution is -0.136. The number of carbonyl (C=O) groups excluding carboxylic acids is 5. The first-order chi connectivity index (χ1) is 29.0. The molecular weight excluding hydrogens is 767 g/mol. The van der Waals surface area contributed by atoms with Gasteiger partial charge in [-0.15, -0.1) is 0 Å². The maximum Gasteiger partial charge on any atom is 0.322 e. The van der Waals surface area contributed by atoms with Crippen LogP contribution in [0.4, 0.5) is 27.8 Å². The minimum Gasteiger partial charge on any atom is -0.495 e. The summed E-state index contributed by atoms with van der Waals surface area (Å²) in [5, 5.41) is 14.6. The van der Waals surface area contributed by atoms with Gasteiger partial charge < -0.3 is 29.7 Å². The Labute approximate surface area is 349 Å². The van der Waals surface area contributed by atoms with E-state index in [-0.39, 0.29) is 31.0 Å². The van der Waals surface area contributed by atoms with Crippen LogP contribution in [0.5, 0.6) is 5.75 Å². The monoisotopic (exact) mass is 817 g/mol. The van der Waals surface area contributed by atoms with Crippen LogP contribution in [0.3, 0.4) is 0 Å². The lowest BCUT2D eigenvalue weighted by Gasteiger charge is -2.45. The number of nitriles is 1. The number of ether oxygens (including phenoxy) is 1. The maximum absolute atomic E-state index is 13.4. The number of carbonyl (C=O) groups is 5. The number of amides is 6. The van der Waals surface area contributed by atoms with Crippen LogP contribution < -0.4 is 30.1 Å². The molecule has 4 fully saturated rings. The van der Waals surface area contributed by atoms with Crippen LogP contribution in [0.25, 0.3) is 0 Å². The molecule has 1 unspecified atom stereocenters. The average Bonchev–Trinajstić information content (AvgIpc) is 3.51. The summed E-state index contributed by atoms with van der Waals surface area (Å²) >= 11 is 0. The van der Waals surface area contributed by atoms with Gasteiger partial charge in [0.15, 0.2) is 0 Å². The van der Waals surface area contributed by atoms with Gasteiger partial charge in [0.05, 0.1) is 41.9 Å². The van der Waals surface area contributed by atoms with Gasteiger partial charge in [0.1, 0.15) is 17.9 Å². The number of hydrogen-bond donors (Lipinski definition) is 2. The van der Waals surface area contributed by atoms with Crippen LogP contribution in [-0.4, -0.2) is 138 Å². The second-order valence-electron chi connectivity index (χ2n) is 16.4. The van der Waals surface area contributed by atoms with E-state index in [9.17, 15) is 29.2 Å². The minimum absolute atomic E-state index is 0.0468. The molecule has 17 nitrogen and oxygen atoms in total. The number of hydrogen-bond acceptors (Lipinski definition) is 13. The Morgan fingerprint density at radius 2 is 1.58 bits per heavy atom. The molecule has 2 aromatic carbocycles. The number of benzene rings is 2. The predicted octanol–water partition coefficient (Wildman–Crippen LogP) is 3.32. The molecular formula is C43H51N11O6. The molecule has 17 heteroatoms. The van der Waals surface area contributed by atoms with Crippen molar-refractivity contribution in [3.05, 3.63) is 65.5 Å². The number of fused-ring (bicyclic) bond motifs is 1. The highest BCUT2D eigenvalue weighted by molar-refractivity contribution is 6.23. The second-order valence-corrected chi connectivity index (χ2v) is 16.4. The normalized spacial score (nSPS) is 22.8. The first-order valence-electron chi connectivity index (χ1n) is 20.8. The van der Waals surface area contributed by atoms with Crippen molar-refractivity contribution >= 4 is 52.7 Å². The summed E-state index contributed by atoms with van der Waals surface area (Å²) in [5.41, 5.74) is 3.46. The molecule has 3 atom stereocenters. The number of imide groups is 2. The van der Waals surface area contributed by atoms with E-state index < -0.39 is 29.7 Å². The molecule has 4 saturated heterocycles. The molecule has 8 rings (SSSR count). The van der Waals surface area contributed by atoms with E-state index in [0.29, 0.717) is 53.1 Å². The fraction of sp³-hybridized carbons (Fsp3) is 0.488. The van der Waals surface area contributed by atoms with Gasteiger partial charge in [-0.1, -0.05) is 0 Å². The topological polar surface area (TPSA) is 188 Å². The first kappa shape index (κ1) is 40.5. The molecule has 1 aromatic heterocycles. The zero-order chi connectivity index (χ0) is 42.1. The van der Waals surface area contributed by atoms with Crippen molar-refractivity contribution in [3.8, 4) is 11.8 Å². The van der Waals surface area contributed by atoms with E-state index in [1.807, 2.05) is 30.0 Å². The number of nitrogens with one attached hydrogen (secondary N) is 2. The zero-order valence-electron chi connectivity index (χ0n) is 34.3. The van der Waals surface area contributed by atoms with Crippen LogP contribution in [-0.2, 0) is 9.59 Å². The maximum atomic E-state index is 13.4. The van der Waals surface area contributed by atoms with E-state index in [4.69, 9.17) is 4.74 Å². The Bertz CT molecular complexity index is 2200. The van der Waals surface area contributed by atoms with Crippen molar-refractivity contribution in [2.75, 3.05) is 86.0 Å². The van der Waals surface area contributed by atoms with Crippen molar-refractivity contribution in [1.82, 2.24) is 30.0 Å². The van der Waals surface area contributed by atoms with Gasteiger partial charge in [0.2, 0.25) is 17.8 Å². The molecule has 0 spiro atoms. The highest BCUT2D eigenvalue weighted by Crippen LogP contribution is 2.33. The van der Waals surface area contributed by atoms with Crippen molar-refractivity contribution in [2.45, 2.75) is 64.1 Å². The molecule has 5 aliphatic rings. The number of anilines is 4. The SMILES string of the molecule is COc1cc(N2C[C@@H](C)N(C(=O)Nc3cnc(N4CCC(CCN5CCN(c6ccc7c(c6)C(=O)N(C6CCC(=O)NC6=O)C7=O)CC5)CC4)nc3)C[C@@H]2C)ccc1C#N. The summed E-state index contributed by atoms with van der Waals surface area (Å²) < 4.78 is 5.41. The number of piperidine rings is 2. The number of methoxy groups -OCH3 is 1. The van der Waals surface area contributed by atoms with Crippen molar-refractivity contribution in [1.29, 1.82) is 5.26 Å². The van der Waals surface area contributed by atoms with Crippen LogP contribution in [0, 0.1) is 17.2 Å². The summed E-state index contributed by atoms with van der Waals surface area (Å²) in [6.07, 6.45) is 6.79. The largest absolute Gasteiger partial charge is 0.495 e. The zero-order valence-corrected chi connectivity index (χ0v) is 34.3. The van der Waals surface area contributed by atoms with Gasteiger partial charge in [-0.05, 0) is 82.3 Å². The number of urea groups is 1. The molecule has 6 heterocycles. The van der Waals surface area contributed by atoms with Gasteiger partial charge in [-0.2, -0.15) is 5.26 Å². The van der Waals surface area contributed by atoms with Crippen molar-refractivity contribution < 1.29 is 28.7 Å². The molecule has 314 valence electrons. The summed E-state index contributed by atoms with van der Waals surface area (Å²) in [5.74, 6) is -0.177. The van der Waals surface area contributed by atoms with Crippen molar-refractivity contribution in [3.63, 3.8) is 0 Å². The standard InChI is InChI=1S/C43H51N11O6/c1-27-26-53(28(2)25-52(27)33-5-4-30(22-44)37(21-33)60-3)43(59)47-31-23-45-42(46-24-31)51-14-11-29(12-15-51)10-13-49-16-18-50(19-17-49)32-6-7-34-35(20-32)41(58)54(40(34)57)36-8-9-38(55)48-39(36)56/h4-7,20-21,23-24,27-29,36H,8-19,25-26H2,1-3H3,(H,47,59)(H,48,55,56)/t27-,28+,36?/m0/s1. The fourth-order valence-corrected chi connectivity index (χ4v) is 9.14. The molecule has 0 radical (unpaired) electrons. The van der Waals surface area contributed by atoms with Crippen LogP contribution in [0.2, 0.25) is 0 Å². The molecule has 0 saturated carbocycles. The summed E-state index contributed by atoms with van der Waals surface area (Å²) in [6.45, 7) is 11.4. The molecule has 2 N–H and O–H groups in total. The highest BCUT2D eigenvalue weighted by atomic mass is 16.5. The van der Waals surface area contributed by atoms with E-state index in [0.717, 1.165) is 81.4 Å². The number of rotatable bonds is 9. The fourth-order valence-electron chi connectivity index (χ4n) is 9.14. The van der Waals surface area contributed by atoms with Crippen LogP contribution in [0.1, 0.15) is 72.2 Å². The van der Waals surface area contributed by atoms with Crippen molar-refractivity contribution in [2.24, 2.45) is 5.92 Å². The highest BCUT2D eigenvalue weighted by Gasteiger charge is 2.45. The summed E-state index contributed by atoms with van der Waals surface area (Å²) in [6, 6.07) is 11.9. The van der Waals surface area contributed by atoms with Gasteiger partial charge in [0, 0.05) is 88.3 Å². The summed E-state index contributed by atoms with van der Waals surface area (Å²) in [4.78, 5) is 85.1. The van der Waals surface area contributed by atoms with Gasteiger partial charge in [0.25, 0.3) is 11.8 Å². The Morgan fingerprint density at radius 1 is 0.867 bits per heavy atom. The van der Waals surface area contributed by atoms with E-state index in [1.54, 1.807) is 37.7 Å². The number of nitrogens with zero attached hydrogens (tertiary/aromatic N) is 9. The lowest BCUT2D eigenvalue weighted by atomic mass is 9.93. The Hall–Kier alpha value is -6.28. The molecule has 5 aliphatic heterocycles. The molecule has 3 aromatic rings. The van der Waals surface area contributed by atoms with E-state index in [2.05, 4.69) is 53.2 Å². The Kier molecular flexibility index (Phi) is 11.6. The lowest BCUT2D eigenvalue weighted by Crippen LogP contribution is -2.59. The Balaban J connectivity index is 0.759. The quantitative estimate of drug-likeness (QED) is 0.300. The molecule has 60 heavy (non-hydrogen) atoms. The minimum atomic E-state index is -0.974. The second kappa shape index (κ2) is 17.1. The third-order valence-electron chi connectivity index (χ3n) is 12.7. The van der Waals surface area contributed by atoms with Gasteiger partial charge >= 0.3 is 6.03 Å². The number of aromatic nitrogens is 2. The van der Waals surface area contributed by atoms with E-state index >= 15 is 0 Å². The summed E-state index contributed by atoms with van der Waals surface area (Å²) in [7, 11) is 1.56. The van der Waals surface area contributed by atoms with Crippen LogP contribution in [0.15, 0.2) is 48.8 Å². The first-order valence-corrected chi connectivity index (χ1v) is 20.8. The third-order valence-corrected chi connectivity index (χ3v) is 12.7. The number of piperazine rings is 2. The van der Waals surface area contributed by atoms with Gasteiger partial charge in [-0.3, -0.25) is 34.3 Å². The molecule has 6 amide bonds. The molecule has 0 bridgehead atoms. The van der Waals surface area contributed by atoms with E-state index in [1.165, 1.54) is 0 Å². The average molecular weight is 818 g/mol. The predicted molar refractivity (Wildman–Crippen MR) is 223 cm³/mol. The smallest absolute Gasteiger partial charge is 0.322 e. The van der Waals surface area contributed by atoms with Crippen LogP contribution >= 0.6 is 0 Å². The Morgan fingerprint density at radius 3 is 2.28 bits per heavy atom.